The Morgan fingerprint density at radius 3 is 2.52 bits per heavy atom. The molecule has 0 saturated carbocycles. The van der Waals surface area contributed by atoms with Gasteiger partial charge in [-0.2, -0.15) is 4.31 Å². The molecule has 0 N–H and O–H groups in total. The van der Waals surface area contributed by atoms with Crippen molar-refractivity contribution in [2.75, 3.05) is 13.7 Å². The van der Waals surface area contributed by atoms with Crippen molar-refractivity contribution in [1.82, 2.24) is 4.31 Å². The third kappa shape index (κ3) is 3.26. The highest BCUT2D eigenvalue weighted by molar-refractivity contribution is 9.10. The lowest BCUT2D eigenvalue weighted by molar-refractivity contribution is 0.391. The molecule has 27 heavy (non-hydrogen) atoms. The minimum Gasteiger partial charge on any atom is -0.497 e. The lowest BCUT2D eigenvalue weighted by Gasteiger charge is -2.29. The molecule has 0 amide bonds. The van der Waals surface area contributed by atoms with Gasteiger partial charge in [0.15, 0.2) is 0 Å². The second-order valence-electron chi connectivity index (χ2n) is 6.82. The molecule has 0 radical (unpaired) electrons. The van der Waals surface area contributed by atoms with Crippen LogP contribution in [0.1, 0.15) is 16.7 Å². The van der Waals surface area contributed by atoms with Crippen LogP contribution in [0.25, 0.3) is 10.8 Å². The van der Waals surface area contributed by atoms with Crippen molar-refractivity contribution in [2.45, 2.75) is 24.8 Å². The average Bonchev–Trinajstić information content (AvgIpc) is 2.68. The Kier molecular flexibility index (Phi) is 4.74. The highest BCUT2D eigenvalue weighted by Gasteiger charge is 2.29. The second-order valence-corrected chi connectivity index (χ2v) is 9.55. The Bertz CT molecular complexity index is 1120. The molecule has 0 aliphatic carbocycles. The maximum atomic E-state index is 13.0. The summed E-state index contributed by atoms with van der Waals surface area (Å²) in [5.74, 6) is 0.808. The number of aryl methyl sites for hydroxylation is 1. The predicted molar refractivity (Wildman–Crippen MR) is 111 cm³/mol. The quantitative estimate of drug-likeness (QED) is 0.588. The van der Waals surface area contributed by atoms with Crippen LogP contribution in [0.3, 0.4) is 0 Å². The van der Waals surface area contributed by atoms with Gasteiger partial charge in [0.05, 0.1) is 12.0 Å². The normalized spacial score (nSPS) is 14.9. The monoisotopic (exact) mass is 445 g/mol. The van der Waals surface area contributed by atoms with Crippen molar-refractivity contribution in [3.8, 4) is 5.75 Å². The molecule has 4 nitrogen and oxygen atoms in total. The van der Waals surface area contributed by atoms with Crippen LogP contribution in [0.5, 0.6) is 5.75 Å². The van der Waals surface area contributed by atoms with Crippen molar-refractivity contribution in [1.29, 1.82) is 0 Å². The van der Waals surface area contributed by atoms with Gasteiger partial charge in [-0.15, -0.1) is 0 Å². The van der Waals surface area contributed by atoms with E-state index in [0.29, 0.717) is 24.4 Å². The fourth-order valence-corrected chi connectivity index (χ4v) is 5.75. The Hall–Kier alpha value is -1.89. The number of halogens is 1. The standard InChI is InChI=1S/C21H20BrNO3S/c1-14-3-7-18(8-4-14)27(24,25)23-10-9-19-16(13-23)11-15-5-6-17(26-2)12-20(15)21(19)22/h3-8,11-12H,9-10,13H2,1-2H3. The summed E-state index contributed by atoms with van der Waals surface area (Å²) in [4.78, 5) is 0.348. The van der Waals surface area contributed by atoms with Crippen molar-refractivity contribution >= 4 is 36.7 Å². The summed E-state index contributed by atoms with van der Waals surface area (Å²) in [5.41, 5.74) is 3.26. The Labute approximate surface area is 167 Å². The fourth-order valence-electron chi connectivity index (χ4n) is 3.54. The van der Waals surface area contributed by atoms with Gasteiger partial charge in [0, 0.05) is 17.6 Å². The van der Waals surface area contributed by atoms with E-state index in [1.54, 1.807) is 23.5 Å². The molecule has 1 heterocycles. The van der Waals surface area contributed by atoms with Crippen LogP contribution in [0.4, 0.5) is 0 Å². The highest BCUT2D eigenvalue weighted by Crippen LogP contribution is 2.36. The van der Waals surface area contributed by atoms with Gasteiger partial charge in [0.1, 0.15) is 5.75 Å². The molecule has 6 heteroatoms. The van der Waals surface area contributed by atoms with Crippen molar-refractivity contribution < 1.29 is 13.2 Å². The number of hydrogen-bond donors (Lipinski definition) is 0. The van der Waals surface area contributed by atoms with Gasteiger partial charge in [-0.1, -0.05) is 23.8 Å². The summed E-state index contributed by atoms with van der Waals surface area (Å²) in [5, 5.41) is 2.15. The Balaban J connectivity index is 1.73. The summed E-state index contributed by atoms with van der Waals surface area (Å²) in [7, 11) is -1.85. The summed E-state index contributed by atoms with van der Waals surface area (Å²) in [6.45, 7) is 2.80. The molecular weight excluding hydrogens is 426 g/mol. The van der Waals surface area contributed by atoms with Gasteiger partial charge in [0.2, 0.25) is 10.0 Å². The van der Waals surface area contributed by atoms with E-state index >= 15 is 0 Å². The van der Waals surface area contributed by atoms with E-state index < -0.39 is 10.0 Å². The van der Waals surface area contributed by atoms with Gasteiger partial charge in [-0.25, -0.2) is 8.42 Å². The van der Waals surface area contributed by atoms with Crippen LogP contribution < -0.4 is 4.74 Å². The minimum atomic E-state index is -3.50. The molecular formula is C21H20BrNO3S. The van der Waals surface area contributed by atoms with Crippen LogP contribution in [0.2, 0.25) is 0 Å². The first kappa shape index (κ1) is 18.5. The van der Waals surface area contributed by atoms with Gasteiger partial charge in [0.25, 0.3) is 0 Å². The first-order valence-electron chi connectivity index (χ1n) is 8.75. The molecule has 0 saturated heterocycles. The van der Waals surface area contributed by atoms with E-state index in [1.165, 1.54) is 5.56 Å². The lowest BCUT2D eigenvalue weighted by atomic mass is 9.96. The van der Waals surface area contributed by atoms with Crippen LogP contribution in [0, 0.1) is 6.92 Å². The third-order valence-electron chi connectivity index (χ3n) is 5.10. The molecule has 3 aromatic carbocycles. The second kappa shape index (κ2) is 6.93. The molecule has 0 atom stereocenters. The van der Waals surface area contributed by atoms with Crippen molar-refractivity contribution in [3.63, 3.8) is 0 Å². The van der Waals surface area contributed by atoms with Crippen molar-refractivity contribution in [3.05, 3.63) is 69.7 Å². The molecule has 0 spiro atoms. The summed E-state index contributed by atoms with van der Waals surface area (Å²) in [6.07, 6.45) is 0.675. The zero-order chi connectivity index (χ0) is 19.2. The number of methoxy groups -OCH3 is 1. The van der Waals surface area contributed by atoms with Crippen LogP contribution in [-0.4, -0.2) is 26.4 Å². The molecule has 140 valence electrons. The first-order chi connectivity index (χ1) is 12.9. The maximum Gasteiger partial charge on any atom is 0.243 e. The van der Waals surface area contributed by atoms with E-state index in [2.05, 4.69) is 22.0 Å². The maximum absolute atomic E-state index is 13.0. The van der Waals surface area contributed by atoms with Gasteiger partial charge in [-0.3, -0.25) is 0 Å². The molecule has 0 unspecified atom stereocenters. The Morgan fingerprint density at radius 1 is 1.07 bits per heavy atom. The van der Waals surface area contributed by atoms with E-state index in [4.69, 9.17) is 4.74 Å². The van der Waals surface area contributed by atoms with Gasteiger partial charge < -0.3 is 4.74 Å². The number of nitrogens with zero attached hydrogens (tertiary/aromatic N) is 1. The molecule has 0 fully saturated rings. The molecule has 4 rings (SSSR count). The zero-order valence-corrected chi connectivity index (χ0v) is 17.6. The number of ether oxygens (including phenoxy) is 1. The van der Waals surface area contributed by atoms with Gasteiger partial charge >= 0.3 is 0 Å². The third-order valence-corrected chi connectivity index (χ3v) is 7.86. The first-order valence-corrected chi connectivity index (χ1v) is 11.0. The topological polar surface area (TPSA) is 46.6 Å². The smallest absolute Gasteiger partial charge is 0.243 e. The largest absolute Gasteiger partial charge is 0.497 e. The van der Waals surface area contributed by atoms with Crippen LogP contribution >= 0.6 is 15.9 Å². The number of sulfonamides is 1. The summed E-state index contributed by atoms with van der Waals surface area (Å²) in [6, 6.07) is 15.1. The summed E-state index contributed by atoms with van der Waals surface area (Å²) >= 11 is 3.73. The SMILES string of the molecule is COc1ccc2cc3c(c(Br)c2c1)CCN(S(=O)(=O)c1ccc(C)cc1)C3. The Morgan fingerprint density at radius 2 is 1.81 bits per heavy atom. The number of rotatable bonds is 3. The van der Waals surface area contributed by atoms with Crippen molar-refractivity contribution in [2.24, 2.45) is 0 Å². The van der Waals surface area contributed by atoms with Crippen LogP contribution in [0.15, 0.2) is 57.9 Å². The summed E-state index contributed by atoms with van der Waals surface area (Å²) < 4.78 is 34.0. The van der Waals surface area contributed by atoms with E-state index in [-0.39, 0.29) is 0 Å². The predicted octanol–water partition coefficient (Wildman–Crippen LogP) is 4.67. The highest BCUT2D eigenvalue weighted by atomic mass is 79.9. The average molecular weight is 446 g/mol. The zero-order valence-electron chi connectivity index (χ0n) is 15.2. The number of fused-ring (bicyclic) bond motifs is 2. The van der Waals surface area contributed by atoms with E-state index in [9.17, 15) is 8.42 Å². The number of hydrogen-bond acceptors (Lipinski definition) is 3. The lowest BCUT2D eigenvalue weighted by Crippen LogP contribution is -2.36. The van der Waals surface area contributed by atoms with E-state index in [1.807, 2.05) is 37.3 Å². The molecule has 1 aliphatic rings. The molecule has 3 aromatic rings. The van der Waals surface area contributed by atoms with Crippen LogP contribution in [-0.2, 0) is 23.0 Å². The number of benzene rings is 3. The van der Waals surface area contributed by atoms with Gasteiger partial charge in [-0.05, 0) is 81.5 Å². The molecule has 0 aromatic heterocycles. The fraction of sp³-hybridized carbons (Fsp3) is 0.238. The minimum absolute atomic E-state index is 0.348. The molecule has 0 bridgehead atoms. The van der Waals surface area contributed by atoms with E-state index in [0.717, 1.165) is 32.1 Å². The molecule has 1 aliphatic heterocycles.